The fourth-order valence-electron chi connectivity index (χ4n) is 1.67. The Kier molecular flexibility index (Phi) is 7.36. The zero-order valence-electron chi connectivity index (χ0n) is 11.2. The molecule has 5 heteroatoms. The van der Waals surface area contributed by atoms with Crippen LogP contribution in [0, 0.1) is 5.82 Å². The Balaban J connectivity index is 2.37. The molecule has 0 spiro atoms. The quantitative estimate of drug-likeness (QED) is 0.540. The molecule has 0 aliphatic carbocycles. The van der Waals surface area contributed by atoms with Gasteiger partial charge in [0.2, 0.25) is 0 Å². The maximum atomic E-state index is 13.6. The van der Waals surface area contributed by atoms with Gasteiger partial charge in [-0.05, 0) is 25.0 Å². The zero-order valence-corrected chi connectivity index (χ0v) is 12.1. The Morgan fingerprint density at radius 3 is 2.79 bits per heavy atom. The molecule has 0 unspecified atom stereocenters. The van der Waals surface area contributed by atoms with Gasteiger partial charge in [-0.25, -0.2) is 4.39 Å². The molecule has 106 valence electrons. The van der Waals surface area contributed by atoms with E-state index in [0.717, 1.165) is 25.9 Å². The molecule has 0 aliphatic rings. The van der Waals surface area contributed by atoms with Gasteiger partial charge in [0.05, 0.1) is 5.56 Å². The van der Waals surface area contributed by atoms with E-state index in [2.05, 4.69) is 12.2 Å². The van der Waals surface area contributed by atoms with Crippen LogP contribution in [0.25, 0.3) is 0 Å². The van der Waals surface area contributed by atoms with Crippen LogP contribution < -0.4 is 11.1 Å². The van der Waals surface area contributed by atoms with Gasteiger partial charge in [-0.2, -0.15) is 0 Å². The minimum absolute atomic E-state index is 0.0693. The van der Waals surface area contributed by atoms with Crippen LogP contribution >= 0.6 is 12.2 Å². The minimum atomic E-state index is -0.392. The predicted octanol–water partition coefficient (Wildman–Crippen LogP) is 3.08. The van der Waals surface area contributed by atoms with E-state index in [-0.39, 0.29) is 10.6 Å². The first kappa shape index (κ1) is 15.9. The number of hydrogen-bond donors (Lipinski definition) is 2. The summed E-state index contributed by atoms with van der Waals surface area (Å²) in [6, 6.07) is 4.76. The first-order valence-electron chi connectivity index (χ1n) is 6.56. The Morgan fingerprint density at radius 1 is 1.37 bits per heavy atom. The molecule has 0 saturated heterocycles. The van der Waals surface area contributed by atoms with Crippen LogP contribution in [0.4, 0.5) is 10.1 Å². The molecular weight excluding hydrogens is 263 g/mol. The van der Waals surface area contributed by atoms with Crippen molar-refractivity contribution >= 4 is 22.9 Å². The van der Waals surface area contributed by atoms with Crippen LogP contribution in [-0.4, -0.2) is 24.7 Å². The third kappa shape index (κ3) is 5.53. The fraction of sp³-hybridized carbons (Fsp3) is 0.500. The van der Waals surface area contributed by atoms with E-state index < -0.39 is 5.82 Å². The summed E-state index contributed by atoms with van der Waals surface area (Å²) in [5.74, 6) is -0.392. The maximum absolute atomic E-state index is 13.6. The van der Waals surface area contributed by atoms with E-state index in [1.807, 2.05) is 0 Å². The molecule has 3 nitrogen and oxygen atoms in total. The number of nitrogens with one attached hydrogen (secondary N) is 1. The largest absolute Gasteiger partial charge is 0.389 e. The summed E-state index contributed by atoms with van der Waals surface area (Å²) < 4.78 is 19.0. The second kappa shape index (κ2) is 8.82. The van der Waals surface area contributed by atoms with Crippen LogP contribution in [0.2, 0.25) is 0 Å². The predicted molar refractivity (Wildman–Crippen MR) is 81.1 cm³/mol. The van der Waals surface area contributed by atoms with Crippen molar-refractivity contribution in [1.29, 1.82) is 0 Å². The molecule has 0 atom stereocenters. The lowest BCUT2D eigenvalue weighted by atomic mass is 10.1. The van der Waals surface area contributed by atoms with Gasteiger partial charge in [0.15, 0.2) is 0 Å². The highest BCUT2D eigenvalue weighted by Crippen LogP contribution is 2.18. The van der Waals surface area contributed by atoms with Crippen LogP contribution in [0.1, 0.15) is 31.7 Å². The summed E-state index contributed by atoms with van der Waals surface area (Å²) in [7, 11) is 0. The Bertz CT molecular complexity index is 412. The Labute approximate surface area is 119 Å². The van der Waals surface area contributed by atoms with Crippen LogP contribution in [-0.2, 0) is 4.74 Å². The van der Waals surface area contributed by atoms with Crippen molar-refractivity contribution in [2.24, 2.45) is 5.73 Å². The molecule has 0 saturated carbocycles. The number of ether oxygens (including phenoxy) is 1. The molecule has 3 N–H and O–H groups in total. The molecule has 0 aliphatic heterocycles. The van der Waals surface area contributed by atoms with Crippen LogP contribution in [0.5, 0.6) is 0 Å². The first-order chi connectivity index (χ1) is 9.16. The van der Waals surface area contributed by atoms with Gasteiger partial charge in [-0.1, -0.05) is 31.6 Å². The fourth-order valence-corrected chi connectivity index (χ4v) is 1.88. The molecule has 1 aromatic carbocycles. The molecule has 1 aromatic rings. The van der Waals surface area contributed by atoms with Gasteiger partial charge in [0, 0.05) is 25.4 Å². The van der Waals surface area contributed by atoms with Crippen molar-refractivity contribution in [3.63, 3.8) is 0 Å². The number of rotatable bonds is 9. The second-order valence-electron chi connectivity index (χ2n) is 4.27. The third-order valence-corrected chi connectivity index (χ3v) is 2.89. The average molecular weight is 284 g/mol. The van der Waals surface area contributed by atoms with Gasteiger partial charge in [-0.3, -0.25) is 0 Å². The van der Waals surface area contributed by atoms with Crippen molar-refractivity contribution in [1.82, 2.24) is 0 Å². The monoisotopic (exact) mass is 284 g/mol. The maximum Gasteiger partial charge on any atom is 0.135 e. The normalized spacial score (nSPS) is 10.4. The SMILES string of the molecule is CCCCOCCCNc1cccc(F)c1C(N)=S. The molecular formula is C14H21FN2OS. The molecule has 0 radical (unpaired) electrons. The summed E-state index contributed by atoms with van der Waals surface area (Å²) in [5.41, 5.74) is 6.45. The number of halogens is 1. The number of thiocarbonyl (C=S) groups is 1. The highest BCUT2D eigenvalue weighted by Gasteiger charge is 2.10. The van der Waals surface area contributed by atoms with Crippen molar-refractivity contribution in [2.75, 3.05) is 25.1 Å². The lowest BCUT2D eigenvalue weighted by molar-refractivity contribution is 0.131. The van der Waals surface area contributed by atoms with E-state index >= 15 is 0 Å². The van der Waals surface area contributed by atoms with E-state index in [4.69, 9.17) is 22.7 Å². The number of hydrogen-bond acceptors (Lipinski definition) is 3. The third-order valence-electron chi connectivity index (χ3n) is 2.68. The number of nitrogens with two attached hydrogens (primary N) is 1. The number of benzene rings is 1. The molecule has 1 rings (SSSR count). The summed E-state index contributed by atoms with van der Waals surface area (Å²) >= 11 is 4.86. The molecule has 0 heterocycles. The van der Waals surface area contributed by atoms with Gasteiger partial charge >= 0.3 is 0 Å². The number of unbranched alkanes of at least 4 members (excludes halogenated alkanes) is 1. The lowest BCUT2D eigenvalue weighted by Gasteiger charge is -2.12. The van der Waals surface area contributed by atoms with E-state index in [9.17, 15) is 4.39 Å². The Hall–Kier alpha value is -1.20. The van der Waals surface area contributed by atoms with Gasteiger partial charge in [0.1, 0.15) is 10.8 Å². The average Bonchev–Trinajstić information content (AvgIpc) is 2.37. The number of anilines is 1. The summed E-state index contributed by atoms with van der Waals surface area (Å²) in [4.78, 5) is 0.0693. The topological polar surface area (TPSA) is 47.3 Å². The van der Waals surface area contributed by atoms with E-state index in [0.29, 0.717) is 18.8 Å². The molecule has 0 amide bonds. The molecule has 19 heavy (non-hydrogen) atoms. The van der Waals surface area contributed by atoms with Gasteiger partial charge < -0.3 is 15.8 Å². The lowest BCUT2D eigenvalue weighted by Crippen LogP contribution is -2.16. The Morgan fingerprint density at radius 2 is 2.11 bits per heavy atom. The summed E-state index contributed by atoms with van der Waals surface area (Å²) in [6.45, 7) is 4.33. The van der Waals surface area contributed by atoms with E-state index in [1.54, 1.807) is 12.1 Å². The molecule has 0 aromatic heterocycles. The molecule has 0 bridgehead atoms. The van der Waals surface area contributed by atoms with Crippen LogP contribution in [0.15, 0.2) is 18.2 Å². The highest BCUT2D eigenvalue weighted by molar-refractivity contribution is 7.80. The summed E-state index contributed by atoms with van der Waals surface area (Å²) in [6.07, 6.45) is 3.08. The van der Waals surface area contributed by atoms with Gasteiger partial charge in [0.25, 0.3) is 0 Å². The van der Waals surface area contributed by atoms with Crippen LogP contribution in [0.3, 0.4) is 0 Å². The first-order valence-corrected chi connectivity index (χ1v) is 6.97. The van der Waals surface area contributed by atoms with Crippen molar-refractivity contribution < 1.29 is 9.13 Å². The highest BCUT2D eigenvalue weighted by atomic mass is 32.1. The van der Waals surface area contributed by atoms with Gasteiger partial charge in [-0.15, -0.1) is 0 Å². The van der Waals surface area contributed by atoms with Crippen molar-refractivity contribution in [2.45, 2.75) is 26.2 Å². The molecule has 0 fully saturated rings. The minimum Gasteiger partial charge on any atom is -0.389 e. The second-order valence-corrected chi connectivity index (χ2v) is 4.71. The van der Waals surface area contributed by atoms with Crippen molar-refractivity contribution in [3.05, 3.63) is 29.6 Å². The van der Waals surface area contributed by atoms with Crippen molar-refractivity contribution in [3.8, 4) is 0 Å². The van der Waals surface area contributed by atoms with E-state index in [1.165, 1.54) is 6.07 Å². The summed E-state index contributed by atoms with van der Waals surface area (Å²) in [5, 5.41) is 3.14. The zero-order chi connectivity index (χ0) is 14.1. The standard InChI is InChI=1S/C14H21FN2OS/c1-2-3-9-18-10-5-8-17-12-7-4-6-11(15)13(12)14(16)19/h4,6-7,17H,2-3,5,8-10H2,1H3,(H2,16,19). The smallest absolute Gasteiger partial charge is 0.135 e.